The van der Waals surface area contributed by atoms with Gasteiger partial charge in [-0.1, -0.05) is 6.92 Å². The van der Waals surface area contributed by atoms with E-state index in [1.54, 1.807) is 0 Å². The van der Waals surface area contributed by atoms with Crippen molar-refractivity contribution in [3.63, 3.8) is 0 Å². The number of methoxy groups -OCH3 is 1. The molecule has 0 aliphatic heterocycles. The first kappa shape index (κ1) is 13.7. The molecule has 0 bridgehead atoms. The van der Waals surface area contributed by atoms with Crippen molar-refractivity contribution < 1.29 is 14.6 Å². The molecule has 4 nitrogen and oxygen atoms in total. The Morgan fingerprint density at radius 2 is 2.29 bits per heavy atom. The smallest absolute Gasteiger partial charge is 0.326 e. The molecular formula is C9H19NO3S. The van der Waals surface area contributed by atoms with E-state index in [9.17, 15) is 4.79 Å². The fourth-order valence-electron chi connectivity index (χ4n) is 1.14. The van der Waals surface area contributed by atoms with Crippen LogP contribution in [0.25, 0.3) is 0 Å². The highest BCUT2D eigenvalue weighted by Gasteiger charge is 2.32. The number of ether oxygens (including phenoxy) is 1. The normalized spacial score (nSPS) is 14.9. The zero-order valence-corrected chi connectivity index (χ0v) is 9.82. The quantitative estimate of drug-likeness (QED) is 0.477. The lowest BCUT2D eigenvalue weighted by Gasteiger charge is -2.26. The van der Waals surface area contributed by atoms with Crippen molar-refractivity contribution in [1.82, 2.24) is 5.32 Å². The first-order valence-corrected chi connectivity index (χ1v) is 5.78. The summed E-state index contributed by atoms with van der Waals surface area (Å²) in [5.74, 6) is 0.983. The highest BCUT2D eigenvalue weighted by Crippen LogP contribution is 2.14. The van der Waals surface area contributed by atoms with E-state index >= 15 is 0 Å². The van der Waals surface area contributed by atoms with Gasteiger partial charge in [0, 0.05) is 11.5 Å². The Labute approximate surface area is 89.4 Å². The van der Waals surface area contributed by atoms with Gasteiger partial charge < -0.3 is 15.2 Å². The maximum absolute atomic E-state index is 11.5. The Bertz CT molecular complexity index is 177. The molecule has 14 heavy (non-hydrogen) atoms. The molecule has 5 heteroatoms. The summed E-state index contributed by atoms with van der Waals surface area (Å²) in [7, 11) is 1.38. The third-order valence-electron chi connectivity index (χ3n) is 1.83. The van der Waals surface area contributed by atoms with Crippen molar-refractivity contribution in [3.05, 3.63) is 0 Å². The van der Waals surface area contributed by atoms with E-state index in [0.29, 0.717) is 18.1 Å². The van der Waals surface area contributed by atoms with Gasteiger partial charge in [0.15, 0.2) is 0 Å². The number of aliphatic hydroxyl groups is 1. The molecule has 0 fully saturated rings. The average Bonchev–Trinajstić information content (AvgIpc) is 2.17. The van der Waals surface area contributed by atoms with Crippen LogP contribution in [0.3, 0.4) is 0 Å². The minimum absolute atomic E-state index is 0.133. The summed E-state index contributed by atoms with van der Waals surface area (Å²) in [5, 5.41) is 11.7. The molecule has 0 saturated carbocycles. The number of thioether (sulfide) groups is 1. The molecule has 0 rings (SSSR count). The molecule has 0 aliphatic rings. The maximum Gasteiger partial charge on any atom is 0.326 e. The molecule has 2 N–H and O–H groups in total. The molecule has 0 aromatic carbocycles. The van der Waals surface area contributed by atoms with Crippen LogP contribution >= 0.6 is 11.8 Å². The fourth-order valence-corrected chi connectivity index (χ4v) is 2.04. The fraction of sp³-hybridized carbons (Fsp3) is 0.889. The minimum Gasteiger partial charge on any atom is -0.468 e. The van der Waals surface area contributed by atoms with Crippen LogP contribution in [0.5, 0.6) is 0 Å². The highest BCUT2D eigenvalue weighted by atomic mass is 32.2. The molecular weight excluding hydrogens is 202 g/mol. The molecule has 0 aromatic heterocycles. The lowest BCUT2D eigenvalue weighted by atomic mass is 10.1. The number of nitrogens with one attached hydrogen (secondary N) is 1. The Balaban J connectivity index is 4.16. The van der Waals surface area contributed by atoms with Crippen LogP contribution in [0, 0.1) is 0 Å². The van der Waals surface area contributed by atoms with Crippen LogP contribution < -0.4 is 5.32 Å². The Morgan fingerprint density at radius 1 is 1.64 bits per heavy atom. The van der Waals surface area contributed by atoms with Crippen LogP contribution in [0.4, 0.5) is 0 Å². The summed E-state index contributed by atoms with van der Waals surface area (Å²) < 4.78 is 4.72. The standard InChI is InChI=1S/C9H19NO3S/c1-4-10-9(2,8(12)13-3)7-14-6-5-11/h10-11H,4-7H2,1-3H3. The zero-order chi connectivity index (χ0) is 11.0. The van der Waals surface area contributed by atoms with Crippen molar-refractivity contribution in [2.45, 2.75) is 19.4 Å². The number of esters is 1. The molecule has 1 atom stereocenters. The van der Waals surface area contributed by atoms with Gasteiger partial charge in [0.05, 0.1) is 13.7 Å². The summed E-state index contributed by atoms with van der Waals surface area (Å²) in [6, 6.07) is 0. The number of aliphatic hydroxyl groups excluding tert-OH is 1. The van der Waals surface area contributed by atoms with Gasteiger partial charge in [0.1, 0.15) is 5.54 Å². The van der Waals surface area contributed by atoms with Crippen LogP contribution in [0.1, 0.15) is 13.8 Å². The molecule has 0 aromatic rings. The number of likely N-dealkylation sites (N-methyl/N-ethyl adjacent to an activating group) is 1. The number of carbonyl (C=O) groups excluding carboxylic acids is 1. The highest BCUT2D eigenvalue weighted by molar-refractivity contribution is 7.99. The summed E-state index contributed by atoms with van der Waals surface area (Å²) in [6.07, 6.45) is 0. The van der Waals surface area contributed by atoms with Gasteiger partial charge in [-0.2, -0.15) is 11.8 Å². The van der Waals surface area contributed by atoms with Crippen LogP contribution in [-0.2, 0) is 9.53 Å². The second-order valence-corrected chi connectivity index (χ2v) is 4.24. The Kier molecular flexibility index (Phi) is 6.96. The van der Waals surface area contributed by atoms with Crippen LogP contribution in [0.2, 0.25) is 0 Å². The lowest BCUT2D eigenvalue weighted by Crippen LogP contribution is -2.52. The SMILES string of the molecule is CCNC(C)(CSCCO)C(=O)OC. The molecule has 0 spiro atoms. The van der Waals surface area contributed by atoms with Gasteiger partial charge in [0.25, 0.3) is 0 Å². The number of carbonyl (C=O) groups is 1. The minimum atomic E-state index is -0.649. The van der Waals surface area contributed by atoms with Crippen LogP contribution in [-0.4, -0.2) is 48.4 Å². The first-order valence-electron chi connectivity index (χ1n) is 4.62. The molecule has 0 heterocycles. The van der Waals surface area contributed by atoms with E-state index in [0.717, 1.165) is 0 Å². The topological polar surface area (TPSA) is 58.6 Å². The van der Waals surface area contributed by atoms with E-state index < -0.39 is 5.54 Å². The van der Waals surface area contributed by atoms with E-state index in [-0.39, 0.29) is 12.6 Å². The van der Waals surface area contributed by atoms with E-state index in [1.165, 1.54) is 18.9 Å². The molecule has 0 radical (unpaired) electrons. The average molecular weight is 221 g/mol. The van der Waals surface area contributed by atoms with Crippen LogP contribution in [0.15, 0.2) is 0 Å². The van der Waals surface area contributed by atoms with Crippen molar-refractivity contribution >= 4 is 17.7 Å². The second-order valence-electron chi connectivity index (χ2n) is 3.13. The molecule has 0 amide bonds. The van der Waals surface area contributed by atoms with Crippen molar-refractivity contribution in [2.75, 3.05) is 31.8 Å². The lowest BCUT2D eigenvalue weighted by molar-refractivity contribution is -0.146. The zero-order valence-electron chi connectivity index (χ0n) is 9.00. The van der Waals surface area contributed by atoms with Gasteiger partial charge in [-0.25, -0.2) is 0 Å². The third-order valence-corrected chi connectivity index (χ3v) is 3.08. The Morgan fingerprint density at radius 3 is 2.71 bits per heavy atom. The largest absolute Gasteiger partial charge is 0.468 e. The third kappa shape index (κ3) is 4.30. The summed E-state index contributed by atoms with van der Waals surface area (Å²) in [4.78, 5) is 11.5. The number of hydrogen-bond donors (Lipinski definition) is 2. The Hall–Kier alpha value is -0.260. The van der Waals surface area contributed by atoms with Gasteiger partial charge in [-0.15, -0.1) is 0 Å². The van der Waals surface area contributed by atoms with Gasteiger partial charge >= 0.3 is 5.97 Å². The van der Waals surface area contributed by atoms with Crippen molar-refractivity contribution in [1.29, 1.82) is 0 Å². The molecule has 0 aliphatic carbocycles. The molecule has 84 valence electrons. The van der Waals surface area contributed by atoms with Crippen molar-refractivity contribution in [2.24, 2.45) is 0 Å². The first-order chi connectivity index (χ1) is 6.60. The number of rotatable bonds is 7. The maximum atomic E-state index is 11.5. The number of hydrogen-bond acceptors (Lipinski definition) is 5. The summed E-state index contributed by atoms with van der Waals surface area (Å²) >= 11 is 1.53. The predicted molar refractivity (Wildman–Crippen MR) is 58.5 cm³/mol. The monoisotopic (exact) mass is 221 g/mol. The van der Waals surface area contributed by atoms with E-state index in [1.807, 2.05) is 13.8 Å². The van der Waals surface area contributed by atoms with Gasteiger partial charge in [0.2, 0.25) is 0 Å². The van der Waals surface area contributed by atoms with Crippen molar-refractivity contribution in [3.8, 4) is 0 Å². The van der Waals surface area contributed by atoms with E-state index in [4.69, 9.17) is 9.84 Å². The summed E-state index contributed by atoms with van der Waals surface area (Å²) in [6.45, 7) is 4.60. The van der Waals surface area contributed by atoms with Gasteiger partial charge in [-0.3, -0.25) is 4.79 Å². The van der Waals surface area contributed by atoms with Gasteiger partial charge in [-0.05, 0) is 13.5 Å². The van der Waals surface area contributed by atoms with E-state index in [2.05, 4.69) is 5.32 Å². The summed E-state index contributed by atoms with van der Waals surface area (Å²) in [5.41, 5.74) is -0.649. The second kappa shape index (κ2) is 7.09. The predicted octanol–water partition coefficient (Wildman–Crippen LogP) is 0.253. The molecule has 0 saturated heterocycles. The molecule has 1 unspecified atom stereocenters.